The van der Waals surface area contributed by atoms with E-state index in [1.54, 1.807) is 12.1 Å². The third-order valence-corrected chi connectivity index (χ3v) is 5.48. The Morgan fingerprint density at radius 2 is 1.59 bits per heavy atom. The second kappa shape index (κ2) is 8.11. The van der Waals surface area contributed by atoms with Crippen molar-refractivity contribution < 1.29 is 14.0 Å². The van der Waals surface area contributed by atoms with E-state index in [9.17, 15) is 14.0 Å². The van der Waals surface area contributed by atoms with E-state index in [2.05, 4.69) is 4.90 Å². The van der Waals surface area contributed by atoms with Gasteiger partial charge in [-0.05, 0) is 44.2 Å². The van der Waals surface area contributed by atoms with Gasteiger partial charge >= 0.3 is 0 Å². The molecule has 0 saturated carbocycles. The fourth-order valence-corrected chi connectivity index (χ4v) is 3.90. The SMILES string of the molecule is Cc1cc(C(=O)CN2CCN(C(=O)C(C)(C)C)CC2)c(C)n1-c1ccc(F)cc1. The van der Waals surface area contributed by atoms with Gasteiger partial charge in [0.25, 0.3) is 0 Å². The Balaban J connectivity index is 1.67. The van der Waals surface area contributed by atoms with Crippen LogP contribution in [-0.4, -0.2) is 58.8 Å². The lowest BCUT2D eigenvalue weighted by Gasteiger charge is -2.37. The van der Waals surface area contributed by atoms with Gasteiger partial charge in [0.15, 0.2) is 5.78 Å². The first-order valence-electron chi connectivity index (χ1n) is 10.1. The molecule has 0 unspecified atom stereocenters. The van der Waals surface area contributed by atoms with Crippen molar-refractivity contribution in [3.8, 4) is 5.69 Å². The van der Waals surface area contributed by atoms with E-state index >= 15 is 0 Å². The fraction of sp³-hybridized carbons (Fsp3) is 0.478. The third-order valence-electron chi connectivity index (χ3n) is 5.48. The number of hydrogen-bond acceptors (Lipinski definition) is 3. The molecule has 0 atom stereocenters. The molecule has 1 fully saturated rings. The minimum atomic E-state index is -0.379. The number of aryl methyl sites for hydroxylation is 1. The number of Topliss-reactive ketones (excluding diaryl/α,β-unsaturated/α-hetero) is 1. The molecule has 2 aromatic rings. The average molecular weight is 400 g/mol. The summed E-state index contributed by atoms with van der Waals surface area (Å²) in [6, 6.07) is 8.19. The summed E-state index contributed by atoms with van der Waals surface area (Å²) in [6.07, 6.45) is 0. The number of carbonyl (C=O) groups is 2. The number of hydrogen-bond donors (Lipinski definition) is 0. The van der Waals surface area contributed by atoms with E-state index in [0.717, 1.165) is 17.1 Å². The van der Waals surface area contributed by atoms with Crippen LogP contribution in [0.25, 0.3) is 5.69 Å². The van der Waals surface area contributed by atoms with Crippen LogP contribution in [0.3, 0.4) is 0 Å². The highest BCUT2D eigenvalue weighted by atomic mass is 19.1. The van der Waals surface area contributed by atoms with Gasteiger partial charge in [-0.15, -0.1) is 0 Å². The summed E-state index contributed by atoms with van der Waals surface area (Å²) in [4.78, 5) is 29.4. The molecule has 0 bridgehead atoms. The van der Waals surface area contributed by atoms with Crippen LogP contribution in [0.2, 0.25) is 0 Å². The van der Waals surface area contributed by atoms with Gasteiger partial charge in [0.1, 0.15) is 5.82 Å². The van der Waals surface area contributed by atoms with E-state index < -0.39 is 0 Å². The number of nitrogens with zero attached hydrogens (tertiary/aromatic N) is 3. The van der Waals surface area contributed by atoms with Crippen LogP contribution >= 0.6 is 0 Å². The molecule has 1 saturated heterocycles. The molecule has 1 aromatic carbocycles. The Morgan fingerprint density at radius 3 is 2.14 bits per heavy atom. The second-order valence-corrected chi connectivity index (χ2v) is 8.84. The molecule has 6 heteroatoms. The number of aromatic nitrogens is 1. The summed E-state index contributed by atoms with van der Waals surface area (Å²) in [6.45, 7) is 12.7. The summed E-state index contributed by atoms with van der Waals surface area (Å²) < 4.78 is 15.2. The average Bonchev–Trinajstić information content (AvgIpc) is 2.96. The molecule has 5 nitrogen and oxygen atoms in total. The normalized spacial score (nSPS) is 15.6. The van der Waals surface area contributed by atoms with Crippen LogP contribution in [0.4, 0.5) is 4.39 Å². The smallest absolute Gasteiger partial charge is 0.228 e. The predicted molar refractivity (Wildman–Crippen MR) is 112 cm³/mol. The monoisotopic (exact) mass is 399 g/mol. The zero-order valence-corrected chi connectivity index (χ0v) is 18.0. The Kier molecular flexibility index (Phi) is 5.94. The first kappa shape index (κ1) is 21.2. The van der Waals surface area contributed by atoms with E-state index in [1.165, 1.54) is 12.1 Å². The Bertz CT molecular complexity index is 901. The maximum Gasteiger partial charge on any atom is 0.228 e. The molecule has 3 rings (SSSR count). The van der Waals surface area contributed by atoms with Crippen molar-refractivity contribution in [2.75, 3.05) is 32.7 Å². The van der Waals surface area contributed by atoms with E-state index in [0.29, 0.717) is 38.3 Å². The third kappa shape index (κ3) is 4.58. The van der Waals surface area contributed by atoms with Gasteiger partial charge in [-0.1, -0.05) is 20.8 Å². The summed E-state index contributed by atoms with van der Waals surface area (Å²) in [5.74, 6) is -0.0509. The number of amides is 1. The summed E-state index contributed by atoms with van der Waals surface area (Å²) in [7, 11) is 0. The first-order valence-corrected chi connectivity index (χ1v) is 10.1. The van der Waals surface area contributed by atoms with Crippen LogP contribution in [-0.2, 0) is 4.79 Å². The number of carbonyl (C=O) groups excluding carboxylic acids is 2. The summed E-state index contributed by atoms with van der Waals surface area (Å²) in [5, 5.41) is 0. The van der Waals surface area contributed by atoms with Gasteiger partial charge in [-0.25, -0.2) is 4.39 Å². The highest BCUT2D eigenvalue weighted by molar-refractivity contribution is 5.99. The highest BCUT2D eigenvalue weighted by Gasteiger charge is 2.30. The van der Waals surface area contributed by atoms with Crippen LogP contribution in [0.5, 0.6) is 0 Å². The first-order chi connectivity index (χ1) is 13.6. The fourth-order valence-electron chi connectivity index (χ4n) is 3.90. The van der Waals surface area contributed by atoms with Gasteiger partial charge in [-0.3, -0.25) is 14.5 Å². The molecule has 1 amide bonds. The van der Waals surface area contributed by atoms with Gasteiger partial charge in [-0.2, -0.15) is 0 Å². The molecule has 1 aliphatic rings. The zero-order valence-electron chi connectivity index (χ0n) is 18.0. The molecule has 0 spiro atoms. The van der Waals surface area contributed by atoms with E-state index in [1.807, 2.05) is 50.2 Å². The largest absolute Gasteiger partial charge is 0.340 e. The van der Waals surface area contributed by atoms with Crippen LogP contribution in [0, 0.1) is 25.1 Å². The van der Waals surface area contributed by atoms with E-state index in [-0.39, 0.29) is 22.9 Å². The Hall–Kier alpha value is -2.47. The number of ketones is 1. The molecule has 1 aliphatic heterocycles. The molecule has 1 aromatic heterocycles. The minimum Gasteiger partial charge on any atom is -0.340 e. The maximum absolute atomic E-state index is 13.2. The van der Waals surface area contributed by atoms with Gasteiger partial charge in [0, 0.05) is 54.2 Å². The second-order valence-electron chi connectivity index (χ2n) is 8.84. The maximum atomic E-state index is 13.2. The number of halogens is 1. The molecule has 29 heavy (non-hydrogen) atoms. The summed E-state index contributed by atoms with van der Waals surface area (Å²) >= 11 is 0. The highest BCUT2D eigenvalue weighted by Crippen LogP contribution is 2.22. The van der Waals surface area contributed by atoms with Crippen molar-refractivity contribution in [3.05, 3.63) is 53.1 Å². The van der Waals surface area contributed by atoms with Crippen molar-refractivity contribution in [2.24, 2.45) is 5.41 Å². The lowest BCUT2D eigenvalue weighted by atomic mass is 9.94. The van der Waals surface area contributed by atoms with Gasteiger partial charge in [0.05, 0.1) is 6.54 Å². The van der Waals surface area contributed by atoms with Crippen molar-refractivity contribution in [1.29, 1.82) is 0 Å². The van der Waals surface area contributed by atoms with Crippen LogP contribution in [0.1, 0.15) is 42.5 Å². The zero-order chi connectivity index (χ0) is 21.3. The Labute approximate surface area is 172 Å². The molecule has 0 N–H and O–H groups in total. The molecule has 2 heterocycles. The van der Waals surface area contributed by atoms with Crippen LogP contribution in [0.15, 0.2) is 30.3 Å². The standard InChI is InChI=1S/C23H30FN3O2/c1-16-14-20(17(2)27(16)19-8-6-18(24)7-9-19)21(28)15-25-10-12-26(13-11-25)22(29)23(3,4)5/h6-9,14H,10-13,15H2,1-5H3. The van der Waals surface area contributed by atoms with Crippen LogP contribution < -0.4 is 0 Å². The quantitative estimate of drug-likeness (QED) is 0.738. The summed E-state index contributed by atoms with van der Waals surface area (Å²) in [5.41, 5.74) is 2.96. The van der Waals surface area contributed by atoms with Gasteiger partial charge in [0.2, 0.25) is 5.91 Å². The van der Waals surface area contributed by atoms with Crippen molar-refractivity contribution >= 4 is 11.7 Å². The van der Waals surface area contributed by atoms with Crippen molar-refractivity contribution in [1.82, 2.24) is 14.4 Å². The topological polar surface area (TPSA) is 45.6 Å². The molecule has 156 valence electrons. The Morgan fingerprint density at radius 1 is 1.00 bits per heavy atom. The molecule has 0 radical (unpaired) electrons. The lowest BCUT2D eigenvalue weighted by molar-refractivity contribution is -0.141. The van der Waals surface area contributed by atoms with E-state index in [4.69, 9.17) is 0 Å². The van der Waals surface area contributed by atoms with Crippen molar-refractivity contribution in [3.63, 3.8) is 0 Å². The molecule has 0 aliphatic carbocycles. The van der Waals surface area contributed by atoms with Crippen molar-refractivity contribution in [2.45, 2.75) is 34.6 Å². The number of rotatable bonds is 4. The van der Waals surface area contributed by atoms with Gasteiger partial charge < -0.3 is 9.47 Å². The number of benzene rings is 1. The minimum absolute atomic E-state index is 0.0714. The molecular weight excluding hydrogens is 369 g/mol. The predicted octanol–water partition coefficient (Wildman–Crippen LogP) is 3.61. The lowest BCUT2D eigenvalue weighted by Crippen LogP contribution is -2.52. The number of piperazine rings is 1. The molecular formula is C23H30FN3O2.